The van der Waals surface area contributed by atoms with Gasteiger partial charge in [0.1, 0.15) is 6.04 Å². The predicted molar refractivity (Wildman–Crippen MR) is 97.6 cm³/mol. The maximum Gasteiger partial charge on any atom is 0.257 e. The number of thioether (sulfide) groups is 1. The lowest BCUT2D eigenvalue weighted by Crippen LogP contribution is -2.35. The smallest absolute Gasteiger partial charge is 0.257 e. The highest BCUT2D eigenvalue weighted by Gasteiger charge is 2.37. The Morgan fingerprint density at radius 3 is 3.00 bits per heavy atom. The average Bonchev–Trinajstić information content (AvgIpc) is 3.40. The summed E-state index contributed by atoms with van der Waals surface area (Å²) in [5.41, 5.74) is 1.86. The Kier molecular flexibility index (Phi) is 4.07. The Hall–Kier alpha value is -2.16. The van der Waals surface area contributed by atoms with E-state index in [1.807, 2.05) is 4.90 Å². The summed E-state index contributed by atoms with van der Waals surface area (Å²) in [6.07, 6.45) is 4.75. The first-order valence-electron chi connectivity index (χ1n) is 9.48. The molecule has 0 N–H and O–H groups in total. The molecule has 2 unspecified atom stereocenters. The maximum atomic E-state index is 13.0. The number of aryl methyl sites for hydroxylation is 2. The van der Waals surface area contributed by atoms with Gasteiger partial charge in [-0.2, -0.15) is 4.98 Å². The van der Waals surface area contributed by atoms with Gasteiger partial charge in [-0.3, -0.25) is 14.2 Å². The summed E-state index contributed by atoms with van der Waals surface area (Å²) in [4.78, 5) is 36.8. The molecule has 2 aromatic heterocycles. The fourth-order valence-corrected chi connectivity index (χ4v) is 5.55. The fourth-order valence-electron chi connectivity index (χ4n) is 4.39. The van der Waals surface area contributed by atoms with Gasteiger partial charge in [-0.15, -0.1) is 0 Å². The molecule has 0 radical (unpaired) electrons. The van der Waals surface area contributed by atoms with Crippen molar-refractivity contribution in [3.63, 3.8) is 0 Å². The van der Waals surface area contributed by atoms with Gasteiger partial charge in [-0.25, -0.2) is 4.98 Å². The summed E-state index contributed by atoms with van der Waals surface area (Å²) in [6, 6.07) is -0.281. The van der Waals surface area contributed by atoms with Gasteiger partial charge in [-0.1, -0.05) is 16.9 Å². The highest BCUT2D eigenvalue weighted by molar-refractivity contribution is 7.99. The Morgan fingerprint density at radius 1 is 1.30 bits per heavy atom. The third-order valence-corrected chi connectivity index (χ3v) is 6.78. The van der Waals surface area contributed by atoms with Crippen molar-refractivity contribution in [2.75, 3.05) is 12.3 Å². The molecule has 0 saturated carbocycles. The van der Waals surface area contributed by atoms with Crippen LogP contribution in [0.25, 0.3) is 0 Å². The van der Waals surface area contributed by atoms with Crippen LogP contribution in [0.1, 0.15) is 60.7 Å². The Bertz CT molecular complexity index is 968. The molecule has 9 heteroatoms. The second-order valence-corrected chi connectivity index (χ2v) is 8.43. The highest BCUT2D eigenvalue weighted by atomic mass is 32.2. The summed E-state index contributed by atoms with van der Waals surface area (Å²) in [5, 5.41) is 4.62. The molecule has 0 aromatic carbocycles. The van der Waals surface area contributed by atoms with Crippen LogP contribution in [0.15, 0.2) is 14.5 Å². The van der Waals surface area contributed by atoms with Crippen molar-refractivity contribution in [3.05, 3.63) is 33.3 Å². The number of nitrogens with zero attached hydrogens (tertiary/aromatic N) is 5. The molecule has 0 spiro atoms. The zero-order chi connectivity index (χ0) is 18.5. The van der Waals surface area contributed by atoms with E-state index in [9.17, 15) is 9.59 Å². The molecule has 1 fully saturated rings. The topological polar surface area (TPSA) is 94.1 Å². The van der Waals surface area contributed by atoms with Gasteiger partial charge in [0.15, 0.2) is 11.0 Å². The van der Waals surface area contributed by atoms with Gasteiger partial charge >= 0.3 is 0 Å². The van der Waals surface area contributed by atoms with Gasteiger partial charge in [0.2, 0.25) is 11.8 Å². The summed E-state index contributed by atoms with van der Waals surface area (Å²) in [6.45, 7) is 2.47. The summed E-state index contributed by atoms with van der Waals surface area (Å²) in [7, 11) is 0. The highest BCUT2D eigenvalue weighted by Crippen LogP contribution is 2.36. The van der Waals surface area contributed by atoms with Crippen LogP contribution in [0.2, 0.25) is 0 Å². The molecule has 2 aromatic rings. The van der Waals surface area contributed by atoms with Gasteiger partial charge in [0.25, 0.3) is 5.56 Å². The standard InChI is InChI=1S/C18H21N5O3S/c1-10-19-16(26-21-10)14-6-3-7-22(14)15(24)8-11-9-27-18-20-13-5-2-4-12(13)17(25)23(11)18/h11,14H,2-9H2,1H3. The molecule has 2 aliphatic heterocycles. The van der Waals surface area contributed by atoms with Gasteiger partial charge in [0.05, 0.1) is 11.7 Å². The van der Waals surface area contributed by atoms with Crippen LogP contribution in [0.5, 0.6) is 0 Å². The van der Waals surface area contributed by atoms with E-state index < -0.39 is 0 Å². The first kappa shape index (κ1) is 17.0. The molecular weight excluding hydrogens is 366 g/mol. The van der Waals surface area contributed by atoms with Crippen LogP contribution in [0, 0.1) is 6.92 Å². The monoisotopic (exact) mass is 387 g/mol. The lowest BCUT2D eigenvalue weighted by atomic mass is 10.1. The van der Waals surface area contributed by atoms with E-state index in [2.05, 4.69) is 15.1 Å². The maximum absolute atomic E-state index is 13.0. The number of hydrogen-bond donors (Lipinski definition) is 0. The Labute approximate surface area is 160 Å². The van der Waals surface area contributed by atoms with Crippen molar-refractivity contribution >= 4 is 17.7 Å². The van der Waals surface area contributed by atoms with Crippen LogP contribution in [-0.2, 0) is 17.6 Å². The average molecular weight is 387 g/mol. The van der Waals surface area contributed by atoms with Crippen LogP contribution in [0.4, 0.5) is 0 Å². The molecule has 2 atom stereocenters. The van der Waals surface area contributed by atoms with Crippen molar-refractivity contribution in [2.24, 2.45) is 0 Å². The molecular formula is C18H21N5O3S. The van der Waals surface area contributed by atoms with Gasteiger partial charge in [-0.05, 0) is 39.0 Å². The number of rotatable bonds is 3. The number of likely N-dealkylation sites (tertiary alicyclic amines) is 1. The minimum atomic E-state index is -0.151. The van der Waals surface area contributed by atoms with E-state index in [-0.39, 0.29) is 23.6 Å². The molecule has 27 heavy (non-hydrogen) atoms. The van der Waals surface area contributed by atoms with Crippen molar-refractivity contribution in [3.8, 4) is 0 Å². The van der Waals surface area contributed by atoms with E-state index >= 15 is 0 Å². The second kappa shape index (κ2) is 6.47. The zero-order valence-electron chi connectivity index (χ0n) is 15.2. The van der Waals surface area contributed by atoms with Crippen LogP contribution in [-0.4, -0.2) is 42.8 Å². The molecule has 3 aliphatic rings. The van der Waals surface area contributed by atoms with Crippen molar-refractivity contribution in [2.45, 2.75) is 62.7 Å². The normalized spacial score (nSPS) is 23.7. The van der Waals surface area contributed by atoms with Gasteiger partial charge in [0, 0.05) is 24.3 Å². The minimum absolute atomic E-state index is 0.0409. The fraction of sp³-hybridized carbons (Fsp3) is 0.611. The number of carbonyl (C=O) groups excluding carboxylic acids is 1. The lowest BCUT2D eigenvalue weighted by Gasteiger charge is -2.24. The summed E-state index contributed by atoms with van der Waals surface area (Å²) < 4.78 is 7.06. The predicted octanol–water partition coefficient (Wildman–Crippen LogP) is 1.82. The van der Waals surface area contributed by atoms with E-state index in [0.717, 1.165) is 54.3 Å². The van der Waals surface area contributed by atoms with Gasteiger partial charge < -0.3 is 9.42 Å². The largest absolute Gasteiger partial charge is 0.337 e. The first-order valence-corrected chi connectivity index (χ1v) is 10.5. The van der Waals surface area contributed by atoms with Crippen molar-refractivity contribution < 1.29 is 9.32 Å². The number of amides is 1. The third kappa shape index (κ3) is 2.79. The second-order valence-electron chi connectivity index (χ2n) is 7.44. The van der Waals surface area contributed by atoms with E-state index in [1.165, 1.54) is 0 Å². The number of hydrogen-bond acceptors (Lipinski definition) is 7. The Morgan fingerprint density at radius 2 is 2.19 bits per heavy atom. The number of aromatic nitrogens is 4. The minimum Gasteiger partial charge on any atom is -0.337 e. The molecule has 1 aliphatic carbocycles. The van der Waals surface area contributed by atoms with Crippen molar-refractivity contribution in [1.29, 1.82) is 0 Å². The quantitative estimate of drug-likeness (QED) is 0.742. The molecule has 4 heterocycles. The van der Waals surface area contributed by atoms with E-state index in [4.69, 9.17) is 4.52 Å². The lowest BCUT2D eigenvalue weighted by molar-refractivity contribution is -0.133. The number of carbonyl (C=O) groups is 1. The first-order chi connectivity index (χ1) is 13.1. The third-order valence-electron chi connectivity index (χ3n) is 5.68. The van der Waals surface area contributed by atoms with Crippen LogP contribution >= 0.6 is 11.8 Å². The molecule has 142 valence electrons. The summed E-state index contributed by atoms with van der Waals surface area (Å²) in [5.74, 6) is 1.85. The van der Waals surface area contributed by atoms with Crippen LogP contribution < -0.4 is 5.56 Å². The zero-order valence-corrected chi connectivity index (χ0v) is 16.0. The molecule has 0 bridgehead atoms. The van der Waals surface area contributed by atoms with E-state index in [0.29, 0.717) is 24.7 Å². The molecule has 1 amide bonds. The summed E-state index contributed by atoms with van der Waals surface area (Å²) >= 11 is 1.58. The Balaban J connectivity index is 1.38. The van der Waals surface area contributed by atoms with Crippen LogP contribution in [0.3, 0.4) is 0 Å². The number of fused-ring (bicyclic) bond motifs is 2. The molecule has 1 saturated heterocycles. The van der Waals surface area contributed by atoms with Crippen molar-refractivity contribution in [1.82, 2.24) is 24.6 Å². The molecule has 8 nitrogen and oxygen atoms in total. The van der Waals surface area contributed by atoms with E-state index in [1.54, 1.807) is 23.3 Å². The molecule has 5 rings (SSSR count). The SMILES string of the molecule is Cc1noc(C2CCCN2C(=O)CC2CSc3nc4c(c(=O)n32)CCC4)n1.